The molecule has 0 aliphatic heterocycles. The number of oxime groups is 1. The van der Waals surface area contributed by atoms with Crippen LogP contribution in [0.3, 0.4) is 0 Å². The lowest BCUT2D eigenvalue weighted by Crippen LogP contribution is -2.21. The summed E-state index contributed by atoms with van der Waals surface area (Å²) in [7, 11) is 1.98. The van der Waals surface area contributed by atoms with Crippen LogP contribution >= 0.6 is 0 Å². The molecule has 0 amide bonds. The Labute approximate surface area is 95.6 Å². The Bertz CT molecular complexity index is 365. The first-order valence-electron chi connectivity index (χ1n) is 5.34. The maximum absolute atomic E-state index is 8.59. The standard InChI is InChI=1S/C11H18N4O/c1-3-4-7-15(2)10-8-9(5-6-13-10)11(12)14-16/h5-6,8,16H,3-4,7H2,1-2H3,(H2,12,14). The van der Waals surface area contributed by atoms with E-state index >= 15 is 0 Å². The van der Waals surface area contributed by atoms with Crippen LogP contribution in [0.15, 0.2) is 23.5 Å². The van der Waals surface area contributed by atoms with Crippen LogP contribution in [0.4, 0.5) is 5.82 Å². The number of nitrogens with zero attached hydrogens (tertiary/aromatic N) is 3. The fourth-order valence-electron chi connectivity index (χ4n) is 1.35. The van der Waals surface area contributed by atoms with Crippen LogP contribution in [-0.2, 0) is 0 Å². The van der Waals surface area contributed by atoms with Gasteiger partial charge in [-0.15, -0.1) is 0 Å². The zero-order valence-corrected chi connectivity index (χ0v) is 9.72. The molecule has 0 unspecified atom stereocenters. The Morgan fingerprint density at radius 3 is 3.00 bits per heavy atom. The Morgan fingerprint density at radius 1 is 1.62 bits per heavy atom. The molecule has 1 rings (SSSR count). The van der Waals surface area contributed by atoms with Gasteiger partial charge in [0.25, 0.3) is 0 Å². The predicted molar refractivity (Wildman–Crippen MR) is 64.9 cm³/mol. The predicted octanol–water partition coefficient (Wildman–Crippen LogP) is 1.41. The van der Waals surface area contributed by atoms with Gasteiger partial charge in [0.05, 0.1) is 0 Å². The zero-order valence-electron chi connectivity index (χ0n) is 9.72. The molecule has 1 aromatic heterocycles. The molecule has 0 aromatic carbocycles. The van der Waals surface area contributed by atoms with Gasteiger partial charge in [-0.25, -0.2) is 4.98 Å². The highest BCUT2D eigenvalue weighted by molar-refractivity contribution is 5.97. The Hall–Kier alpha value is -1.78. The van der Waals surface area contributed by atoms with Crippen LogP contribution in [0.1, 0.15) is 25.3 Å². The molecule has 0 atom stereocenters. The molecule has 0 bridgehead atoms. The minimum Gasteiger partial charge on any atom is -0.409 e. The highest BCUT2D eigenvalue weighted by Crippen LogP contribution is 2.11. The van der Waals surface area contributed by atoms with Crippen molar-refractivity contribution >= 4 is 11.7 Å². The number of anilines is 1. The van der Waals surface area contributed by atoms with Crippen molar-refractivity contribution in [2.24, 2.45) is 10.9 Å². The molecule has 0 saturated carbocycles. The second-order valence-electron chi connectivity index (χ2n) is 3.66. The van der Waals surface area contributed by atoms with E-state index in [4.69, 9.17) is 10.9 Å². The maximum atomic E-state index is 8.59. The third kappa shape index (κ3) is 3.12. The second kappa shape index (κ2) is 5.95. The van der Waals surface area contributed by atoms with E-state index in [9.17, 15) is 0 Å². The van der Waals surface area contributed by atoms with E-state index < -0.39 is 0 Å². The van der Waals surface area contributed by atoms with Gasteiger partial charge in [-0.3, -0.25) is 0 Å². The molecular formula is C11H18N4O. The van der Waals surface area contributed by atoms with Crippen molar-refractivity contribution in [3.63, 3.8) is 0 Å². The summed E-state index contributed by atoms with van der Waals surface area (Å²) in [4.78, 5) is 6.30. The van der Waals surface area contributed by atoms with Gasteiger partial charge in [0.2, 0.25) is 0 Å². The van der Waals surface area contributed by atoms with Crippen molar-refractivity contribution in [2.75, 3.05) is 18.5 Å². The second-order valence-corrected chi connectivity index (χ2v) is 3.66. The molecule has 16 heavy (non-hydrogen) atoms. The van der Waals surface area contributed by atoms with Crippen molar-refractivity contribution in [3.8, 4) is 0 Å². The molecule has 0 radical (unpaired) electrons. The number of aromatic nitrogens is 1. The SMILES string of the molecule is CCCCN(C)c1cc(/C(N)=N/O)ccn1. The highest BCUT2D eigenvalue weighted by Gasteiger charge is 2.05. The topological polar surface area (TPSA) is 74.7 Å². The molecule has 3 N–H and O–H groups in total. The smallest absolute Gasteiger partial charge is 0.170 e. The van der Waals surface area contributed by atoms with E-state index in [1.807, 2.05) is 13.1 Å². The van der Waals surface area contributed by atoms with Gasteiger partial charge in [-0.2, -0.15) is 0 Å². The largest absolute Gasteiger partial charge is 0.409 e. The summed E-state index contributed by atoms with van der Waals surface area (Å²) in [6.07, 6.45) is 3.92. The van der Waals surface area contributed by atoms with Crippen LogP contribution in [0.5, 0.6) is 0 Å². The van der Waals surface area contributed by atoms with Crippen LogP contribution in [0.25, 0.3) is 0 Å². The van der Waals surface area contributed by atoms with E-state index in [0.29, 0.717) is 5.56 Å². The number of amidine groups is 1. The lowest BCUT2D eigenvalue weighted by Gasteiger charge is -2.18. The first-order chi connectivity index (χ1) is 7.69. The number of unbranched alkanes of at least 4 members (excludes halogenated alkanes) is 1. The number of nitrogens with two attached hydrogens (primary N) is 1. The first kappa shape index (κ1) is 12.3. The van der Waals surface area contributed by atoms with Crippen molar-refractivity contribution in [3.05, 3.63) is 23.9 Å². The van der Waals surface area contributed by atoms with Gasteiger partial charge < -0.3 is 15.8 Å². The summed E-state index contributed by atoms with van der Waals surface area (Å²) < 4.78 is 0. The van der Waals surface area contributed by atoms with Crippen LogP contribution in [-0.4, -0.2) is 29.6 Å². The molecule has 0 aliphatic carbocycles. The maximum Gasteiger partial charge on any atom is 0.170 e. The summed E-state index contributed by atoms with van der Waals surface area (Å²) in [5, 5.41) is 11.6. The number of hydrogen-bond acceptors (Lipinski definition) is 4. The van der Waals surface area contributed by atoms with Gasteiger partial charge in [-0.05, 0) is 18.6 Å². The summed E-state index contributed by atoms with van der Waals surface area (Å²) >= 11 is 0. The van der Waals surface area contributed by atoms with Crippen LogP contribution < -0.4 is 10.6 Å². The molecule has 1 heterocycles. The monoisotopic (exact) mass is 222 g/mol. The minimum atomic E-state index is 0.104. The van der Waals surface area contributed by atoms with E-state index in [2.05, 4.69) is 22.0 Å². The molecule has 0 aliphatic rings. The first-order valence-corrected chi connectivity index (χ1v) is 5.34. The van der Waals surface area contributed by atoms with Gasteiger partial charge in [0, 0.05) is 25.4 Å². The lowest BCUT2D eigenvalue weighted by atomic mass is 10.2. The number of pyridine rings is 1. The highest BCUT2D eigenvalue weighted by atomic mass is 16.4. The summed E-state index contributed by atoms with van der Waals surface area (Å²) in [5.74, 6) is 0.935. The van der Waals surface area contributed by atoms with E-state index in [0.717, 1.165) is 25.2 Å². The Morgan fingerprint density at radius 2 is 2.38 bits per heavy atom. The van der Waals surface area contributed by atoms with Crippen LogP contribution in [0.2, 0.25) is 0 Å². The van der Waals surface area contributed by atoms with Crippen molar-refractivity contribution in [2.45, 2.75) is 19.8 Å². The molecule has 0 saturated heterocycles. The third-order valence-electron chi connectivity index (χ3n) is 2.39. The van der Waals surface area contributed by atoms with Crippen LogP contribution in [0, 0.1) is 0 Å². The van der Waals surface area contributed by atoms with Gasteiger partial charge in [0.1, 0.15) is 5.82 Å². The third-order valence-corrected chi connectivity index (χ3v) is 2.39. The number of rotatable bonds is 5. The lowest BCUT2D eigenvalue weighted by molar-refractivity contribution is 0.318. The van der Waals surface area contributed by atoms with Gasteiger partial charge >= 0.3 is 0 Å². The molecule has 0 spiro atoms. The van der Waals surface area contributed by atoms with E-state index in [1.165, 1.54) is 0 Å². The van der Waals surface area contributed by atoms with E-state index in [1.54, 1.807) is 12.3 Å². The van der Waals surface area contributed by atoms with Crippen molar-refractivity contribution in [1.29, 1.82) is 0 Å². The van der Waals surface area contributed by atoms with E-state index in [-0.39, 0.29) is 5.84 Å². The summed E-state index contributed by atoms with van der Waals surface area (Å²) in [6.45, 7) is 3.09. The van der Waals surface area contributed by atoms with Crippen molar-refractivity contribution in [1.82, 2.24) is 4.98 Å². The Kier molecular flexibility index (Phi) is 4.57. The molecule has 0 fully saturated rings. The zero-order chi connectivity index (χ0) is 12.0. The quantitative estimate of drug-likeness (QED) is 0.342. The average molecular weight is 222 g/mol. The molecule has 5 nitrogen and oxygen atoms in total. The summed E-state index contributed by atoms with van der Waals surface area (Å²) in [6, 6.07) is 3.52. The van der Waals surface area contributed by atoms with Gasteiger partial charge in [0.15, 0.2) is 5.84 Å². The molecular weight excluding hydrogens is 204 g/mol. The molecule has 1 aromatic rings. The minimum absolute atomic E-state index is 0.104. The fourth-order valence-corrected chi connectivity index (χ4v) is 1.35. The van der Waals surface area contributed by atoms with Gasteiger partial charge in [-0.1, -0.05) is 18.5 Å². The molecule has 5 heteroatoms. The fraction of sp³-hybridized carbons (Fsp3) is 0.455. The van der Waals surface area contributed by atoms with Crippen molar-refractivity contribution < 1.29 is 5.21 Å². The Balaban J connectivity index is 2.81. The number of hydrogen-bond donors (Lipinski definition) is 2. The summed E-state index contributed by atoms with van der Waals surface area (Å²) in [5.41, 5.74) is 6.19. The normalized spacial score (nSPS) is 11.5. The molecule has 88 valence electrons. The average Bonchev–Trinajstić information content (AvgIpc) is 2.35.